The second-order valence-corrected chi connectivity index (χ2v) is 2.88. The lowest BCUT2D eigenvalue weighted by molar-refractivity contribution is 0.286. The van der Waals surface area contributed by atoms with Crippen LogP contribution in [0.3, 0.4) is 0 Å². The molecule has 0 atom stereocenters. The molecule has 0 heterocycles. The van der Waals surface area contributed by atoms with Crippen LogP contribution in [0.4, 0.5) is 0 Å². The number of halogens is 1. The quantitative estimate of drug-likeness (QED) is 0.740. The molecule has 0 bridgehead atoms. The monoisotopic (exact) mass is 216 g/mol. The summed E-state index contributed by atoms with van der Waals surface area (Å²) in [6.07, 6.45) is 0. The van der Waals surface area contributed by atoms with E-state index in [2.05, 4.69) is 4.65 Å². The van der Waals surface area contributed by atoms with Gasteiger partial charge >= 0.3 is 7.32 Å². The summed E-state index contributed by atoms with van der Waals surface area (Å²) in [6.45, 7) is 2.36. The average molecular weight is 216 g/mol. The summed E-state index contributed by atoms with van der Waals surface area (Å²) in [5, 5.41) is 17.5. The fourth-order valence-corrected chi connectivity index (χ4v) is 1.11. The van der Waals surface area contributed by atoms with Crippen molar-refractivity contribution < 1.29 is 19.4 Å². The van der Waals surface area contributed by atoms with Crippen molar-refractivity contribution in [3.05, 3.63) is 23.2 Å². The molecular weight excluding hydrogens is 206 g/mol. The third-order valence-electron chi connectivity index (χ3n) is 1.45. The van der Waals surface area contributed by atoms with Crippen molar-refractivity contribution in [1.29, 1.82) is 0 Å². The Labute approximate surface area is 87.2 Å². The first kappa shape index (κ1) is 11.2. The van der Waals surface area contributed by atoms with Gasteiger partial charge in [0.2, 0.25) is 0 Å². The minimum Gasteiger partial charge on any atom is -0.511 e. The molecule has 1 rings (SSSR count). The lowest BCUT2D eigenvalue weighted by Gasteiger charge is -2.09. The van der Waals surface area contributed by atoms with Crippen LogP contribution in [0.25, 0.3) is 0 Å². The van der Waals surface area contributed by atoms with Gasteiger partial charge in [-0.05, 0) is 19.1 Å². The maximum absolute atomic E-state index is 8.58. The Morgan fingerprint density at radius 1 is 1.43 bits per heavy atom. The number of rotatable bonds is 4. The van der Waals surface area contributed by atoms with E-state index < -0.39 is 7.32 Å². The van der Waals surface area contributed by atoms with Gasteiger partial charge in [-0.1, -0.05) is 11.6 Å². The van der Waals surface area contributed by atoms with Crippen LogP contribution in [-0.4, -0.2) is 24.0 Å². The highest BCUT2D eigenvalue weighted by Gasteiger charge is 2.14. The molecule has 14 heavy (non-hydrogen) atoms. The van der Waals surface area contributed by atoms with Crippen LogP contribution in [0.5, 0.6) is 11.5 Å². The van der Waals surface area contributed by atoms with E-state index in [9.17, 15) is 0 Å². The predicted octanol–water partition coefficient (Wildman–Crippen LogP) is 1.09. The molecule has 2 N–H and O–H groups in total. The molecule has 1 aromatic rings. The Kier molecular flexibility index (Phi) is 4.07. The van der Waals surface area contributed by atoms with Gasteiger partial charge < -0.3 is 19.4 Å². The highest BCUT2D eigenvalue weighted by atomic mass is 35.5. The van der Waals surface area contributed by atoms with E-state index in [0.29, 0.717) is 17.4 Å². The molecule has 6 heteroatoms. The number of ether oxygens (including phenoxy) is 1. The molecule has 0 radical (unpaired) electrons. The first-order chi connectivity index (χ1) is 6.63. The van der Waals surface area contributed by atoms with Crippen molar-refractivity contribution in [3.8, 4) is 11.5 Å². The van der Waals surface area contributed by atoms with Crippen molar-refractivity contribution in [2.24, 2.45) is 0 Å². The zero-order chi connectivity index (χ0) is 10.6. The minimum atomic E-state index is -1.88. The van der Waals surface area contributed by atoms with Crippen molar-refractivity contribution >= 4 is 18.9 Å². The molecule has 0 aliphatic carbocycles. The Morgan fingerprint density at radius 2 is 2.14 bits per heavy atom. The Bertz CT molecular complexity index is 305. The molecule has 0 aromatic heterocycles. The van der Waals surface area contributed by atoms with Crippen molar-refractivity contribution in [2.75, 3.05) is 6.61 Å². The lowest BCUT2D eigenvalue weighted by atomic mass is 10.2. The third kappa shape index (κ3) is 3.10. The fraction of sp³-hybridized carbons (Fsp3) is 0.250. The molecule has 76 valence electrons. The summed E-state index contributed by atoms with van der Waals surface area (Å²) in [4.78, 5) is 0. The molecule has 4 nitrogen and oxygen atoms in total. The number of hydrogen-bond acceptors (Lipinski definition) is 4. The van der Waals surface area contributed by atoms with Crippen LogP contribution in [0.2, 0.25) is 5.02 Å². The SMILES string of the molecule is CCOc1ccc(Cl)c(OB(O)O)c1. The normalized spacial score (nSPS) is 9.71. The summed E-state index contributed by atoms with van der Waals surface area (Å²) in [7, 11) is -1.88. The largest absolute Gasteiger partial charge is 0.707 e. The molecule has 0 saturated heterocycles. The smallest absolute Gasteiger partial charge is 0.511 e. The summed E-state index contributed by atoms with van der Waals surface area (Å²) >= 11 is 5.74. The van der Waals surface area contributed by atoms with Gasteiger partial charge in [-0.25, -0.2) is 0 Å². The molecule has 0 amide bonds. The van der Waals surface area contributed by atoms with E-state index >= 15 is 0 Å². The maximum Gasteiger partial charge on any atom is 0.707 e. The molecular formula is C8H10BClO4. The Morgan fingerprint density at radius 3 is 2.71 bits per heavy atom. The Balaban J connectivity index is 2.84. The highest BCUT2D eigenvalue weighted by molar-refractivity contribution is 6.36. The molecule has 0 unspecified atom stereocenters. The van der Waals surface area contributed by atoms with Gasteiger partial charge in [0.25, 0.3) is 0 Å². The van der Waals surface area contributed by atoms with Gasteiger partial charge in [0.05, 0.1) is 11.6 Å². The topological polar surface area (TPSA) is 58.9 Å². The second kappa shape index (κ2) is 5.09. The minimum absolute atomic E-state index is 0.174. The molecule has 0 aliphatic rings. The number of hydrogen-bond donors (Lipinski definition) is 2. The van der Waals surface area contributed by atoms with Gasteiger partial charge in [0.1, 0.15) is 11.5 Å². The molecule has 0 fully saturated rings. The average Bonchev–Trinajstić information content (AvgIpc) is 2.10. The summed E-state index contributed by atoms with van der Waals surface area (Å²) in [5.74, 6) is 0.736. The highest BCUT2D eigenvalue weighted by Crippen LogP contribution is 2.29. The Hall–Kier alpha value is -0.905. The first-order valence-corrected chi connectivity index (χ1v) is 4.46. The molecule has 0 saturated carbocycles. The van der Waals surface area contributed by atoms with E-state index in [4.69, 9.17) is 26.4 Å². The van der Waals surface area contributed by atoms with Crippen LogP contribution in [-0.2, 0) is 0 Å². The maximum atomic E-state index is 8.58. The van der Waals surface area contributed by atoms with Crippen molar-refractivity contribution in [2.45, 2.75) is 6.92 Å². The zero-order valence-electron chi connectivity index (χ0n) is 7.61. The van der Waals surface area contributed by atoms with Gasteiger partial charge in [-0.3, -0.25) is 0 Å². The van der Waals surface area contributed by atoms with Crippen molar-refractivity contribution in [3.63, 3.8) is 0 Å². The van der Waals surface area contributed by atoms with E-state index in [1.807, 2.05) is 6.92 Å². The third-order valence-corrected chi connectivity index (χ3v) is 1.76. The standard InChI is InChI=1S/C8H10BClO4/c1-2-13-6-3-4-7(10)8(5-6)14-9(11)12/h3-5,11-12H,2H2,1H3. The van der Waals surface area contributed by atoms with Crippen LogP contribution < -0.4 is 9.39 Å². The van der Waals surface area contributed by atoms with Crippen LogP contribution >= 0.6 is 11.6 Å². The first-order valence-electron chi connectivity index (χ1n) is 4.08. The van der Waals surface area contributed by atoms with Crippen molar-refractivity contribution in [1.82, 2.24) is 0 Å². The van der Waals surface area contributed by atoms with Crippen LogP contribution in [0, 0.1) is 0 Å². The van der Waals surface area contributed by atoms with Gasteiger partial charge in [0, 0.05) is 6.07 Å². The summed E-state index contributed by atoms with van der Waals surface area (Å²) in [5.41, 5.74) is 0. The van der Waals surface area contributed by atoms with E-state index in [1.54, 1.807) is 12.1 Å². The molecule has 0 aliphatic heterocycles. The number of benzene rings is 1. The van der Waals surface area contributed by atoms with Crippen LogP contribution in [0.15, 0.2) is 18.2 Å². The van der Waals surface area contributed by atoms with Gasteiger partial charge in [0.15, 0.2) is 0 Å². The zero-order valence-corrected chi connectivity index (χ0v) is 8.36. The fourth-order valence-electron chi connectivity index (χ4n) is 0.944. The van der Waals surface area contributed by atoms with Crippen LogP contribution in [0.1, 0.15) is 6.92 Å². The van der Waals surface area contributed by atoms with E-state index in [-0.39, 0.29) is 5.75 Å². The van der Waals surface area contributed by atoms with Gasteiger partial charge in [-0.2, -0.15) is 0 Å². The molecule has 0 spiro atoms. The van der Waals surface area contributed by atoms with E-state index in [0.717, 1.165) is 0 Å². The van der Waals surface area contributed by atoms with E-state index in [1.165, 1.54) is 6.07 Å². The summed E-state index contributed by atoms with van der Waals surface area (Å²) < 4.78 is 9.81. The second-order valence-electron chi connectivity index (χ2n) is 2.47. The summed E-state index contributed by atoms with van der Waals surface area (Å²) in [6, 6.07) is 4.72. The predicted molar refractivity (Wildman–Crippen MR) is 53.4 cm³/mol. The molecule has 1 aromatic carbocycles. The lowest BCUT2D eigenvalue weighted by Crippen LogP contribution is -2.20. The van der Waals surface area contributed by atoms with Gasteiger partial charge in [-0.15, -0.1) is 0 Å².